The highest BCUT2D eigenvalue weighted by Crippen LogP contribution is 2.26. The second-order valence-corrected chi connectivity index (χ2v) is 5.78. The van der Waals surface area contributed by atoms with Crippen LogP contribution in [-0.2, 0) is 0 Å². The lowest BCUT2D eigenvalue weighted by Gasteiger charge is -2.13. The van der Waals surface area contributed by atoms with E-state index in [1.165, 1.54) is 0 Å². The second kappa shape index (κ2) is 7.52. The van der Waals surface area contributed by atoms with E-state index in [0.717, 1.165) is 12.2 Å². The van der Waals surface area contributed by atoms with Gasteiger partial charge in [-0.15, -0.1) is 0 Å². The van der Waals surface area contributed by atoms with Crippen LogP contribution in [0.2, 0.25) is 10.0 Å². The van der Waals surface area contributed by atoms with Gasteiger partial charge in [-0.25, -0.2) is 0 Å². The van der Waals surface area contributed by atoms with E-state index in [2.05, 4.69) is 12.2 Å². The Bertz CT molecular complexity index is 656. The largest absolute Gasteiger partial charge is 0.491 e. The van der Waals surface area contributed by atoms with Gasteiger partial charge in [0.2, 0.25) is 0 Å². The van der Waals surface area contributed by atoms with E-state index in [1.54, 1.807) is 42.5 Å². The molecule has 0 aliphatic rings. The number of anilines is 1. The van der Waals surface area contributed by atoms with Gasteiger partial charge in [-0.1, -0.05) is 30.1 Å². The van der Waals surface area contributed by atoms with E-state index in [4.69, 9.17) is 27.9 Å². The molecular formula is C17H17Cl2NO2. The van der Waals surface area contributed by atoms with E-state index in [-0.39, 0.29) is 12.0 Å². The lowest BCUT2D eigenvalue weighted by atomic mass is 10.2. The summed E-state index contributed by atoms with van der Waals surface area (Å²) in [5, 5.41) is 3.69. The van der Waals surface area contributed by atoms with Crippen LogP contribution >= 0.6 is 23.2 Å². The minimum Gasteiger partial charge on any atom is -0.491 e. The van der Waals surface area contributed by atoms with Crippen molar-refractivity contribution in [1.82, 2.24) is 0 Å². The fourth-order valence-electron chi connectivity index (χ4n) is 1.79. The third-order valence-electron chi connectivity index (χ3n) is 3.21. The van der Waals surface area contributed by atoms with Crippen molar-refractivity contribution in [2.75, 3.05) is 5.32 Å². The Labute approximate surface area is 140 Å². The molecule has 0 aliphatic heterocycles. The van der Waals surface area contributed by atoms with Gasteiger partial charge >= 0.3 is 0 Å². The molecule has 0 radical (unpaired) electrons. The minimum atomic E-state index is -0.251. The summed E-state index contributed by atoms with van der Waals surface area (Å²) >= 11 is 11.9. The molecule has 1 unspecified atom stereocenters. The summed E-state index contributed by atoms with van der Waals surface area (Å²) < 4.78 is 5.68. The summed E-state index contributed by atoms with van der Waals surface area (Å²) in [5.41, 5.74) is 1.01. The van der Waals surface area contributed by atoms with Crippen LogP contribution in [0.1, 0.15) is 30.6 Å². The molecule has 0 bridgehead atoms. The summed E-state index contributed by atoms with van der Waals surface area (Å²) in [4.78, 5) is 12.2. The number of amides is 1. The number of ether oxygens (including phenoxy) is 1. The van der Waals surface area contributed by atoms with Crippen LogP contribution in [0.15, 0.2) is 42.5 Å². The Morgan fingerprint density at radius 2 is 1.86 bits per heavy atom. The fourth-order valence-corrected chi connectivity index (χ4v) is 2.13. The first-order valence-corrected chi connectivity index (χ1v) is 7.78. The molecular weight excluding hydrogens is 321 g/mol. The molecule has 1 atom stereocenters. The highest BCUT2D eigenvalue weighted by Gasteiger charge is 2.10. The van der Waals surface area contributed by atoms with E-state index in [1.807, 2.05) is 6.92 Å². The van der Waals surface area contributed by atoms with Gasteiger partial charge in [0.05, 0.1) is 16.8 Å². The van der Waals surface area contributed by atoms with E-state index < -0.39 is 0 Å². The molecule has 2 aromatic carbocycles. The third-order valence-corrected chi connectivity index (χ3v) is 3.77. The van der Waals surface area contributed by atoms with E-state index in [0.29, 0.717) is 21.3 Å². The highest BCUT2D eigenvalue weighted by molar-refractivity contribution is 6.35. The first kappa shape index (κ1) is 16.7. The molecule has 0 heterocycles. The van der Waals surface area contributed by atoms with E-state index in [9.17, 15) is 4.79 Å². The van der Waals surface area contributed by atoms with Crippen molar-refractivity contribution in [3.8, 4) is 5.75 Å². The molecule has 1 amide bonds. The minimum absolute atomic E-state index is 0.143. The highest BCUT2D eigenvalue weighted by atomic mass is 35.5. The molecule has 0 aliphatic carbocycles. The van der Waals surface area contributed by atoms with Crippen LogP contribution < -0.4 is 10.1 Å². The molecule has 0 saturated heterocycles. The zero-order valence-electron chi connectivity index (χ0n) is 12.4. The number of hydrogen-bond acceptors (Lipinski definition) is 2. The first-order valence-electron chi connectivity index (χ1n) is 7.02. The molecule has 116 valence electrons. The lowest BCUT2D eigenvalue weighted by Crippen LogP contribution is -2.13. The topological polar surface area (TPSA) is 38.3 Å². The van der Waals surface area contributed by atoms with Crippen LogP contribution in [-0.4, -0.2) is 12.0 Å². The Morgan fingerprint density at radius 3 is 2.50 bits per heavy atom. The number of rotatable bonds is 5. The smallest absolute Gasteiger partial charge is 0.255 e. The Kier molecular flexibility index (Phi) is 5.69. The first-order chi connectivity index (χ1) is 10.5. The second-order valence-electron chi connectivity index (χ2n) is 4.94. The molecule has 0 aromatic heterocycles. The van der Waals surface area contributed by atoms with Gasteiger partial charge < -0.3 is 10.1 Å². The third kappa shape index (κ3) is 4.39. The van der Waals surface area contributed by atoms with Gasteiger partial charge in [0.25, 0.3) is 5.91 Å². The monoisotopic (exact) mass is 337 g/mol. The summed E-state index contributed by atoms with van der Waals surface area (Å²) in [6, 6.07) is 11.9. The lowest BCUT2D eigenvalue weighted by molar-refractivity contribution is 0.102. The number of carbonyl (C=O) groups excluding carboxylic acids is 1. The number of carbonyl (C=O) groups is 1. The molecule has 3 nitrogen and oxygen atoms in total. The van der Waals surface area contributed by atoms with Crippen molar-refractivity contribution in [3.63, 3.8) is 0 Å². The maximum absolute atomic E-state index is 12.2. The van der Waals surface area contributed by atoms with Crippen LogP contribution in [0.3, 0.4) is 0 Å². The van der Waals surface area contributed by atoms with Crippen LogP contribution in [0.5, 0.6) is 5.75 Å². The van der Waals surface area contributed by atoms with Crippen LogP contribution in [0, 0.1) is 0 Å². The molecule has 22 heavy (non-hydrogen) atoms. The molecule has 5 heteroatoms. The van der Waals surface area contributed by atoms with Crippen molar-refractivity contribution in [2.45, 2.75) is 26.4 Å². The van der Waals surface area contributed by atoms with Gasteiger partial charge in [-0.05, 0) is 55.8 Å². The zero-order valence-corrected chi connectivity index (χ0v) is 13.9. The van der Waals surface area contributed by atoms with Crippen molar-refractivity contribution in [2.24, 2.45) is 0 Å². The van der Waals surface area contributed by atoms with Crippen molar-refractivity contribution >= 4 is 34.8 Å². The fraction of sp³-hybridized carbons (Fsp3) is 0.235. The van der Waals surface area contributed by atoms with Crippen molar-refractivity contribution < 1.29 is 9.53 Å². The summed E-state index contributed by atoms with van der Waals surface area (Å²) in [7, 11) is 0. The maximum Gasteiger partial charge on any atom is 0.255 e. The van der Waals surface area contributed by atoms with Gasteiger partial charge in [-0.3, -0.25) is 4.79 Å². The normalized spacial score (nSPS) is 11.8. The predicted octanol–water partition coefficient (Wildman–Crippen LogP) is 5.42. The zero-order chi connectivity index (χ0) is 16.1. The quantitative estimate of drug-likeness (QED) is 0.790. The van der Waals surface area contributed by atoms with Crippen molar-refractivity contribution in [1.29, 1.82) is 0 Å². The van der Waals surface area contributed by atoms with Crippen LogP contribution in [0.25, 0.3) is 0 Å². The SMILES string of the molecule is CCC(C)Oc1ccc(C(=O)Nc2cc(Cl)ccc2Cl)cc1. The average Bonchev–Trinajstić information content (AvgIpc) is 2.51. The van der Waals surface area contributed by atoms with Gasteiger partial charge in [0.1, 0.15) is 5.75 Å². The summed E-state index contributed by atoms with van der Waals surface area (Å²) in [5.74, 6) is 0.492. The number of nitrogens with one attached hydrogen (secondary N) is 1. The summed E-state index contributed by atoms with van der Waals surface area (Å²) in [6.07, 6.45) is 1.07. The number of halogens is 2. The molecule has 0 fully saturated rings. The van der Waals surface area contributed by atoms with Crippen LogP contribution in [0.4, 0.5) is 5.69 Å². The summed E-state index contributed by atoms with van der Waals surface area (Å²) in [6.45, 7) is 4.06. The maximum atomic E-state index is 12.2. The standard InChI is InChI=1S/C17H17Cl2NO2/c1-3-11(2)22-14-7-4-12(5-8-14)17(21)20-16-10-13(18)6-9-15(16)19/h4-11H,3H2,1-2H3,(H,20,21). The Hall–Kier alpha value is -1.71. The Balaban J connectivity index is 2.08. The van der Waals surface area contributed by atoms with Crippen molar-refractivity contribution in [3.05, 3.63) is 58.1 Å². The van der Waals surface area contributed by atoms with Gasteiger partial charge in [0, 0.05) is 10.6 Å². The Morgan fingerprint density at radius 1 is 1.18 bits per heavy atom. The number of hydrogen-bond donors (Lipinski definition) is 1. The molecule has 2 aromatic rings. The molecule has 1 N–H and O–H groups in total. The van der Waals surface area contributed by atoms with Gasteiger partial charge in [0.15, 0.2) is 0 Å². The average molecular weight is 338 g/mol. The molecule has 0 saturated carbocycles. The van der Waals surface area contributed by atoms with Gasteiger partial charge in [-0.2, -0.15) is 0 Å². The molecule has 2 rings (SSSR count). The van der Waals surface area contributed by atoms with E-state index >= 15 is 0 Å². The molecule has 0 spiro atoms. The number of benzene rings is 2. The predicted molar refractivity (Wildman–Crippen MR) is 91.2 cm³/mol.